The van der Waals surface area contributed by atoms with Crippen LogP contribution in [0.3, 0.4) is 0 Å². The van der Waals surface area contributed by atoms with E-state index < -0.39 is 0 Å². The minimum Gasteiger partial charge on any atom is -0.488 e. The normalized spacial score (nSPS) is 17.5. The number of carbonyl (C=O) groups is 1. The molecule has 24 heavy (non-hydrogen) atoms. The molecule has 3 rings (SSSR count). The molecule has 2 aromatic heterocycles. The van der Waals surface area contributed by atoms with Gasteiger partial charge in [-0.1, -0.05) is 6.07 Å². The van der Waals surface area contributed by atoms with Gasteiger partial charge in [0.15, 0.2) is 5.78 Å². The van der Waals surface area contributed by atoms with Crippen molar-refractivity contribution in [2.24, 2.45) is 0 Å². The van der Waals surface area contributed by atoms with Crippen molar-refractivity contribution in [3.8, 4) is 5.75 Å². The van der Waals surface area contributed by atoms with Gasteiger partial charge in [0, 0.05) is 36.3 Å². The van der Waals surface area contributed by atoms with E-state index in [1.54, 1.807) is 12.3 Å². The van der Waals surface area contributed by atoms with Gasteiger partial charge in [0.2, 0.25) is 0 Å². The van der Waals surface area contributed by atoms with Crippen LogP contribution in [-0.2, 0) is 11.2 Å². The Morgan fingerprint density at radius 3 is 2.92 bits per heavy atom. The molecule has 0 spiro atoms. The van der Waals surface area contributed by atoms with Crippen molar-refractivity contribution >= 4 is 5.78 Å². The molecule has 1 atom stereocenters. The van der Waals surface area contributed by atoms with Crippen LogP contribution in [0.2, 0.25) is 0 Å². The fourth-order valence-electron chi connectivity index (χ4n) is 2.70. The molecule has 5 nitrogen and oxygen atoms in total. The summed E-state index contributed by atoms with van der Waals surface area (Å²) in [4.78, 5) is 21.2. The van der Waals surface area contributed by atoms with Crippen LogP contribution < -0.4 is 4.74 Å². The third kappa shape index (κ3) is 4.38. The number of ketones is 1. The number of aryl methyl sites for hydroxylation is 2. The first-order valence-corrected chi connectivity index (χ1v) is 8.28. The summed E-state index contributed by atoms with van der Waals surface area (Å²) >= 11 is 0. The van der Waals surface area contributed by atoms with E-state index in [0.717, 1.165) is 36.4 Å². The highest BCUT2D eigenvalue weighted by molar-refractivity contribution is 5.95. The number of nitrogens with zero attached hydrogens (tertiary/aromatic N) is 2. The third-order valence-corrected chi connectivity index (χ3v) is 3.95. The van der Waals surface area contributed by atoms with Crippen molar-refractivity contribution in [2.75, 3.05) is 13.2 Å². The van der Waals surface area contributed by atoms with E-state index >= 15 is 0 Å². The maximum absolute atomic E-state index is 12.5. The summed E-state index contributed by atoms with van der Waals surface area (Å²) in [6.45, 7) is 5.23. The number of hydrogen-bond acceptors (Lipinski definition) is 5. The van der Waals surface area contributed by atoms with Gasteiger partial charge in [0.25, 0.3) is 0 Å². The molecule has 0 radical (unpaired) electrons. The number of pyridine rings is 2. The Kier molecular flexibility index (Phi) is 5.20. The Morgan fingerprint density at radius 1 is 1.33 bits per heavy atom. The molecular weight excluding hydrogens is 304 g/mol. The lowest BCUT2D eigenvalue weighted by Crippen LogP contribution is -2.28. The molecule has 0 bridgehead atoms. The van der Waals surface area contributed by atoms with Crippen molar-refractivity contribution in [1.29, 1.82) is 0 Å². The molecule has 0 unspecified atom stereocenters. The zero-order chi connectivity index (χ0) is 16.9. The van der Waals surface area contributed by atoms with Gasteiger partial charge in [-0.05, 0) is 38.3 Å². The highest BCUT2D eigenvalue weighted by atomic mass is 16.5. The standard InChI is InChI=1S/C19H22N2O3/c1-13-5-6-15(20-11-13)9-19(22)18-10-17(8-14(2)21-18)24-16-4-3-7-23-12-16/h5-6,8,10-11,16H,3-4,7,9,12H2,1-2H3/t16-/m1/s1. The van der Waals surface area contributed by atoms with Crippen LogP contribution in [0.4, 0.5) is 0 Å². The van der Waals surface area contributed by atoms with Gasteiger partial charge in [0.1, 0.15) is 17.5 Å². The zero-order valence-electron chi connectivity index (χ0n) is 14.1. The minimum absolute atomic E-state index is 0.0438. The summed E-state index contributed by atoms with van der Waals surface area (Å²) < 4.78 is 11.4. The Morgan fingerprint density at radius 2 is 2.21 bits per heavy atom. The summed E-state index contributed by atoms with van der Waals surface area (Å²) in [5.74, 6) is 0.623. The second-order valence-electron chi connectivity index (χ2n) is 6.21. The number of hydrogen-bond donors (Lipinski definition) is 0. The van der Waals surface area contributed by atoms with Gasteiger partial charge < -0.3 is 9.47 Å². The predicted molar refractivity (Wildman–Crippen MR) is 90.5 cm³/mol. The summed E-state index contributed by atoms with van der Waals surface area (Å²) in [7, 11) is 0. The van der Waals surface area contributed by atoms with Crippen LogP contribution in [-0.4, -0.2) is 35.1 Å². The molecule has 1 fully saturated rings. The van der Waals surface area contributed by atoms with E-state index in [-0.39, 0.29) is 18.3 Å². The number of ether oxygens (including phenoxy) is 2. The van der Waals surface area contributed by atoms with Crippen molar-refractivity contribution in [2.45, 2.75) is 39.2 Å². The minimum atomic E-state index is -0.0557. The van der Waals surface area contributed by atoms with E-state index in [1.165, 1.54) is 0 Å². The van der Waals surface area contributed by atoms with Crippen LogP contribution in [0.15, 0.2) is 30.5 Å². The van der Waals surface area contributed by atoms with Crippen molar-refractivity contribution in [3.05, 3.63) is 53.1 Å². The average Bonchev–Trinajstić information content (AvgIpc) is 2.57. The highest BCUT2D eigenvalue weighted by Gasteiger charge is 2.17. The second-order valence-corrected chi connectivity index (χ2v) is 6.21. The summed E-state index contributed by atoms with van der Waals surface area (Å²) in [5.41, 5.74) is 3.01. The molecule has 2 aromatic rings. The van der Waals surface area contributed by atoms with Gasteiger partial charge >= 0.3 is 0 Å². The molecule has 0 aromatic carbocycles. The van der Waals surface area contributed by atoms with Crippen LogP contribution in [0.25, 0.3) is 0 Å². The Balaban J connectivity index is 1.72. The van der Waals surface area contributed by atoms with Crippen molar-refractivity contribution in [1.82, 2.24) is 9.97 Å². The maximum atomic E-state index is 12.5. The van der Waals surface area contributed by atoms with E-state index in [0.29, 0.717) is 18.1 Å². The molecule has 126 valence electrons. The van der Waals surface area contributed by atoms with Crippen LogP contribution in [0.1, 0.15) is 40.3 Å². The first-order valence-electron chi connectivity index (χ1n) is 8.28. The van der Waals surface area contributed by atoms with Crippen molar-refractivity contribution in [3.63, 3.8) is 0 Å². The topological polar surface area (TPSA) is 61.3 Å². The van der Waals surface area contributed by atoms with E-state index in [1.807, 2.05) is 32.0 Å². The molecule has 1 saturated heterocycles. The molecule has 5 heteroatoms. The molecule has 0 aliphatic carbocycles. The maximum Gasteiger partial charge on any atom is 0.187 e. The fourth-order valence-corrected chi connectivity index (χ4v) is 2.70. The monoisotopic (exact) mass is 326 g/mol. The van der Waals surface area contributed by atoms with Gasteiger partial charge in [-0.15, -0.1) is 0 Å². The molecule has 1 aliphatic heterocycles. The lowest BCUT2D eigenvalue weighted by molar-refractivity contribution is 0.00734. The second kappa shape index (κ2) is 7.53. The predicted octanol–water partition coefficient (Wildman–Crippen LogP) is 3.08. The van der Waals surface area contributed by atoms with E-state index in [2.05, 4.69) is 9.97 Å². The van der Waals surface area contributed by atoms with E-state index in [4.69, 9.17) is 9.47 Å². The smallest absolute Gasteiger partial charge is 0.187 e. The Hall–Kier alpha value is -2.27. The molecule has 3 heterocycles. The van der Waals surface area contributed by atoms with Crippen LogP contribution in [0, 0.1) is 13.8 Å². The fraction of sp³-hybridized carbons (Fsp3) is 0.421. The number of rotatable bonds is 5. The van der Waals surface area contributed by atoms with Gasteiger partial charge in [0.05, 0.1) is 13.0 Å². The van der Waals surface area contributed by atoms with Gasteiger partial charge in [-0.3, -0.25) is 9.78 Å². The van der Waals surface area contributed by atoms with Gasteiger partial charge in [-0.25, -0.2) is 4.98 Å². The lowest BCUT2D eigenvalue weighted by Gasteiger charge is -2.23. The van der Waals surface area contributed by atoms with Crippen LogP contribution in [0.5, 0.6) is 5.75 Å². The molecule has 0 amide bonds. The molecule has 0 N–H and O–H groups in total. The SMILES string of the molecule is Cc1ccc(CC(=O)c2cc(O[C@@H]3CCCOC3)cc(C)n2)nc1. The Labute approximate surface area is 142 Å². The first-order chi connectivity index (χ1) is 11.6. The Bertz CT molecular complexity index is 707. The number of carbonyl (C=O) groups excluding carboxylic acids is 1. The zero-order valence-corrected chi connectivity index (χ0v) is 14.1. The largest absolute Gasteiger partial charge is 0.488 e. The summed E-state index contributed by atoms with van der Waals surface area (Å²) in [6.07, 6.45) is 4.02. The summed E-state index contributed by atoms with van der Waals surface area (Å²) in [5, 5.41) is 0. The lowest BCUT2D eigenvalue weighted by atomic mass is 10.1. The quantitative estimate of drug-likeness (QED) is 0.790. The first kappa shape index (κ1) is 16.6. The van der Waals surface area contributed by atoms with E-state index in [9.17, 15) is 4.79 Å². The molecule has 0 saturated carbocycles. The van der Waals surface area contributed by atoms with Crippen LogP contribution >= 0.6 is 0 Å². The summed E-state index contributed by atoms with van der Waals surface area (Å²) in [6, 6.07) is 7.41. The third-order valence-electron chi connectivity index (χ3n) is 3.95. The molecular formula is C19H22N2O3. The molecule has 1 aliphatic rings. The number of Topliss-reactive ketones (excluding diaryl/α,β-unsaturated/α-hetero) is 1. The number of aromatic nitrogens is 2. The van der Waals surface area contributed by atoms with Gasteiger partial charge in [-0.2, -0.15) is 0 Å². The van der Waals surface area contributed by atoms with Crippen molar-refractivity contribution < 1.29 is 14.3 Å². The average molecular weight is 326 g/mol. The highest BCUT2D eigenvalue weighted by Crippen LogP contribution is 2.20.